The molecule has 0 aliphatic heterocycles. The Morgan fingerprint density at radius 1 is 1.23 bits per heavy atom. The smallest absolute Gasteiger partial charge is 0.321 e. The normalized spacial score (nSPS) is 11.9. The van der Waals surface area contributed by atoms with Crippen molar-refractivity contribution in [2.45, 2.75) is 33.2 Å². The van der Waals surface area contributed by atoms with Crippen LogP contribution in [-0.2, 0) is 11.3 Å². The fourth-order valence-corrected chi connectivity index (χ4v) is 2.72. The number of unbranched alkanes of at least 4 members (excludes halogenated alkanes) is 1. The van der Waals surface area contributed by atoms with Gasteiger partial charge >= 0.3 is 6.03 Å². The summed E-state index contributed by atoms with van der Waals surface area (Å²) < 4.78 is 0. The Balaban J connectivity index is 2.10. The number of hydrogen-bond donors (Lipinski definition) is 4. The zero-order valence-electron chi connectivity index (χ0n) is 15.2. The summed E-state index contributed by atoms with van der Waals surface area (Å²) in [6, 6.07) is 6.65. The third-order valence-electron chi connectivity index (χ3n) is 3.96. The maximum absolute atomic E-state index is 12.2. The summed E-state index contributed by atoms with van der Waals surface area (Å²) in [5, 5.41) is 5.38. The Labute approximate surface area is 152 Å². The van der Waals surface area contributed by atoms with Gasteiger partial charge in [-0.3, -0.25) is 14.9 Å². The van der Waals surface area contributed by atoms with Gasteiger partial charge in [-0.25, -0.2) is 9.78 Å². The highest BCUT2D eigenvalue weighted by molar-refractivity contribution is 5.94. The molecule has 0 saturated heterocycles. The van der Waals surface area contributed by atoms with Gasteiger partial charge in [0, 0.05) is 6.54 Å². The number of hydrogen-bond acceptors (Lipinski definition) is 4. The fraction of sp³-hybridized carbons (Fsp3) is 0.444. The van der Waals surface area contributed by atoms with E-state index in [4.69, 9.17) is 0 Å². The molecule has 2 aromatic rings. The number of para-hydroxylation sites is 1. The molecule has 0 radical (unpaired) electrons. The molecule has 1 atom stereocenters. The zero-order chi connectivity index (χ0) is 18.9. The van der Waals surface area contributed by atoms with Gasteiger partial charge < -0.3 is 15.2 Å². The quantitative estimate of drug-likeness (QED) is 0.529. The number of aromatic nitrogens is 2. The van der Waals surface area contributed by atoms with E-state index in [0.29, 0.717) is 29.8 Å². The number of urea groups is 1. The first-order valence-corrected chi connectivity index (χ1v) is 8.92. The Morgan fingerprint density at radius 2 is 2.00 bits per heavy atom. The Morgan fingerprint density at radius 3 is 2.73 bits per heavy atom. The average molecular weight is 360 g/mol. The number of carbonyl (C=O) groups is 2. The van der Waals surface area contributed by atoms with E-state index in [1.54, 1.807) is 25.1 Å². The number of rotatable bonds is 8. The van der Waals surface area contributed by atoms with Crippen LogP contribution in [0, 0.1) is 0 Å². The standard InChI is InChI=1S/C18H25N5O3/c1-3-5-10-23(12-16(24)22-18(26)19-4-2)11-15-20-14-9-7-6-8-13(14)17(25)21-15/h6-9H,3-5,10-12H2,1-2H3,(H,20,21,25)(H2,19,22,24,26)/p+1. The molecule has 26 heavy (non-hydrogen) atoms. The summed E-state index contributed by atoms with van der Waals surface area (Å²) in [7, 11) is 0. The van der Waals surface area contributed by atoms with Crippen LogP contribution in [0.3, 0.4) is 0 Å². The van der Waals surface area contributed by atoms with E-state index in [0.717, 1.165) is 24.3 Å². The first-order valence-electron chi connectivity index (χ1n) is 8.92. The summed E-state index contributed by atoms with van der Waals surface area (Å²) in [5.74, 6) is 0.177. The van der Waals surface area contributed by atoms with Crippen molar-refractivity contribution in [2.24, 2.45) is 0 Å². The van der Waals surface area contributed by atoms with Crippen LogP contribution in [0.25, 0.3) is 10.9 Å². The largest absolute Gasteiger partial charge is 0.338 e. The molecular weight excluding hydrogens is 334 g/mol. The molecule has 3 amide bonds. The summed E-state index contributed by atoms with van der Waals surface area (Å²) >= 11 is 0. The highest BCUT2D eigenvalue weighted by Crippen LogP contribution is 2.04. The molecule has 0 aliphatic carbocycles. The Kier molecular flexibility index (Phi) is 7.28. The monoisotopic (exact) mass is 360 g/mol. The number of carbonyl (C=O) groups excluding carboxylic acids is 2. The molecule has 0 saturated carbocycles. The van der Waals surface area contributed by atoms with Gasteiger partial charge in [0.05, 0.1) is 17.4 Å². The van der Waals surface area contributed by atoms with Crippen molar-refractivity contribution >= 4 is 22.8 Å². The lowest BCUT2D eigenvalue weighted by molar-refractivity contribution is -0.906. The molecule has 0 spiro atoms. The molecule has 1 unspecified atom stereocenters. The summed E-state index contributed by atoms with van der Waals surface area (Å²) in [6.45, 7) is 5.59. The lowest BCUT2D eigenvalue weighted by atomic mass is 10.2. The number of fused-ring (bicyclic) bond motifs is 1. The molecule has 8 nitrogen and oxygen atoms in total. The van der Waals surface area contributed by atoms with E-state index in [9.17, 15) is 14.4 Å². The summed E-state index contributed by atoms with van der Waals surface area (Å²) in [6.07, 6.45) is 1.92. The molecule has 4 N–H and O–H groups in total. The summed E-state index contributed by atoms with van der Waals surface area (Å²) in [5.41, 5.74) is 0.445. The van der Waals surface area contributed by atoms with Crippen LogP contribution in [-0.4, -0.2) is 41.5 Å². The molecule has 0 fully saturated rings. The van der Waals surface area contributed by atoms with Crippen molar-refractivity contribution in [1.29, 1.82) is 0 Å². The second-order valence-electron chi connectivity index (χ2n) is 6.14. The Hall–Kier alpha value is -2.74. The number of nitrogens with one attached hydrogen (secondary N) is 4. The van der Waals surface area contributed by atoms with Crippen LogP contribution in [0.5, 0.6) is 0 Å². The lowest BCUT2D eigenvalue weighted by Gasteiger charge is -2.18. The van der Waals surface area contributed by atoms with Gasteiger partial charge in [-0.2, -0.15) is 0 Å². The van der Waals surface area contributed by atoms with Crippen molar-refractivity contribution in [1.82, 2.24) is 20.6 Å². The van der Waals surface area contributed by atoms with Gasteiger partial charge in [0.25, 0.3) is 11.5 Å². The fourth-order valence-electron chi connectivity index (χ4n) is 2.72. The molecule has 0 aliphatic rings. The van der Waals surface area contributed by atoms with Crippen molar-refractivity contribution in [3.8, 4) is 0 Å². The minimum absolute atomic E-state index is 0.133. The van der Waals surface area contributed by atoms with E-state index in [1.165, 1.54) is 0 Å². The third-order valence-corrected chi connectivity index (χ3v) is 3.96. The lowest BCUT2D eigenvalue weighted by Crippen LogP contribution is -3.12. The molecule has 2 rings (SSSR count). The number of quaternary nitrogens is 1. The highest BCUT2D eigenvalue weighted by atomic mass is 16.2. The van der Waals surface area contributed by atoms with Gasteiger partial charge in [-0.15, -0.1) is 0 Å². The van der Waals surface area contributed by atoms with Crippen molar-refractivity contribution < 1.29 is 14.5 Å². The predicted molar refractivity (Wildman–Crippen MR) is 98.9 cm³/mol. The minimum Gasteiger partial charge on any atom is -0.338 e. The molecule has 1 aromatic carbocycles. The first-order chi connectivity index (χ1) is 12.5. The molecule has 8 heteroatoms. The molecule has 0 bridgehead atoms. The molecular formula is C18H26N5O3+. The van der Waals surface area contributed by atoms with Crippen LogP contribution < -0.4 is 21.1 Å². The van der Waals surface area contributed by atoms with Gasteiger partial charge in [0.2, 0.25) is 0 Å². The van der Waals surface area contributed by atoms with Crippen molar-refractivity contribution in [2.75, 3.05) is 19.6 Å². The predicted octanol–water partition coefficient (Wildman–Crippen LogP) is -0.0462. The zero-order valence-corrected chi connectivity index (χ0v) is 15.2. The van der Waals surface area contributed by atoms with Gasteiger partial charge in [-0.1, -0.05) is 25.5 Å². The van der Waals surface area contributed by atoms with E-state index >= 15 is 0 Å². The van der Waals surface area contributed by atoms with Crippen molar-refractivity contribution in [3.05, 3.63) is 40.4 Å². The van der Waals surface area contributed by atoms with Crippen LogP contribution in [0.4, 0.5) is 4.79 Å². The molecule has 1 aromatic heterocycles. The highest BCUT2D eigenvalue weighted by Gasteiger charge is 2.18. The number of imide groups is 1. The topological polar surface area (TPSA) is 108 Å². The van der Waals surface area contributed by atoms with E-state index in [2.05, 4.69) is 27.5 Å². The van der Waals surface area contributed by atoms with E-state index in [-0.39, 0.29) is 18.0 Å². The number of H-pyrrole nitrogens is 1. The maximum atomic E-state index is 12.2. The van der Waals surface area contributed by atoms with Gasteiger partial charge in [-0.05, 0) is 25.5 Å². The maximum Gasteiger partial charge on any atom is 0.321 e. The molecule has 140 valence electrons. The molecule has 1 heterocycles. The van der Waals surface area contributed by atoms with Crippen LogP contribution >= 0.6 is 0 Å². The minimum atomic E-state index is -0.496. The second kappa shape index (κ2) is 9.67. The van der Waals surface area contributed by atoms with E-state index < -0.39 is 6.03 Å². The number of amides is 3. The summed E-state index contributed by atoms with van der Waals surface area (Å²) in [4.78, 5) is 44.0. The van der Waals surface area contributed by atoms with E-state index in [1.807, 2.05) is 6.07 Å². The number of aromatic amines is 1. The van der Waals surface area contributed by atoms with Crippen molar-refractivity contribution in [3.63, 3.8) is 0 Å². The SMILES string of the molecule is CCCC[NH+](CC(=O)NC(=O)NCC)Cc1nc2ccccc2c(=O)[nH]1. The number of benzene rings is 1. The van der Waals surface area contributed by atoms with Crippen LogP contribution in [0.2, 0.25) is 0 Å². The first kappa shape index (κ1) is 19.6. The van der Waals surface area contributed by atoms with Crippen LogP contribution in [0.15, 0.2) is 29.1 Å². The van der Waals surface area contributed by atoms with Gasteiger partial charge in [0.15, 0.2) is 12.4 Å². The third kappa shape index (κ3) is 5.66. The average Bonchev–Trinajstić information content (AvgIpc) is 2.59. The Bertz CT molecular complexity index is 818. The number of nitrogens with zero attached hydrogens (tertiary/aromatic N) is 1. The second-order valence-corrected chi connectivity index (χ2v) is 6.14. The van der Waals surface area contributed by atoms with Gasteiger partial charge in [0.1, 0.15) is 6.54 Å². The van der Waals surface area contributed by atoms with Crippen LogP contribution in [0.1, 0.15) is 32.5 Å².